The molecule has 2 aromatic rings. The van der Waals surface area contributed by atoms with Crippen LogP contribution in [0.1, 0.15) is 5.56 Å². The zero-order valence-electron chi connectivity index (χ0n) is 12.9. The highest BCUT2D eigenvalue weighted by Crippen LogP contribution is 2.28. The van der Waals surface area contributed by atoms with Crippen molar-refractivity contribution < 1.29 is 19.6 Å². The number of hydrogen-bond donors (Lipinski definition) is 1. The normalized spacial score (nSPS) is 10.5. The van der Waals surface area contributed by atoms with Gasteiger partial charge in [-0.15, -0.1) is 0 Å². The standard InChI is InChI=1S/C15H10N4O7/c20-15(8-3-10-1-4-11(5-2-10)17(21)22)16-13-7-6-12(18(23)24)9-14(13)19(25)26/h1-9H,(H,16,20)/b8-3+. The van der Waals surface area contributed by atoms with Gasteiger partial charge in [0.2, 0.25) is 5.91 Å². The number of anilines is 1. The van der Waals surface area contributed by atoms with Gasteiger partial charge in [-0.25, -0.2) is 0 Å². The van der Waals surface area contributed by atoms with Crippen molar-refractivity contribution in [1.82, 2.24) is 0 Å². The van der Waals surface area contributed by atoms with E-state index in [0.717, 1.165) is 24.3 Å². The number of carbonyl (C=O) groups is 1. The fourth-order valence-corrected chi connectivity index (χ4v) is 1.94. The minimum absolute atomic E-state index is 0.104. The molecule has 0 unspecified atom stereocenters. The topological polar surface area (TPSA) is 159 Å². The Bertz CT molecular complexity index is 922. The molecule has 0 aliphatic heterocycles. The summed E-state index contributed by atoms with van der Waals surface area (Å²) in [5.41, 5.74) is -0.886. The maximum Gasteiger partial charge on any atom is 0.299 e. The molecule has 0 saturated heterocycles. The lowest BCUT2D eigenvalue weighted by Gasteiger charge is -2.03. The van der Waals surface area contributed by atoms with Crippen molar-refractivity contribution in [1.29, 1.82) is 0 Å². The number of rotatable bonds is 6. The fourth-order valence-electron chi connectivity index (χ4n) is 1.94. The summed E-state index contributed by atoms with van der Waals surface area (Å²) < 4.78 is 0. The van der Waals surface area contributed by atoms with Gasteiger partial charge in [0.25, 0.3) is 17.1 Å². The molecule has 0 spiro atoms. The molecule has 0 bridgehead atoms. The van der Waals surface area contributed by atoms with Gasteiger partial charge in [-0.05, 0) is 29.8 Å². The Labute approximate surface area is 145 Å². The molecule has 0 saturated carbocycles. The SMILES string of the molecule is O=C(/C=C/c1ccc([N+](=O)[O-])cc1)Nc1ccc([N+](=O)[O-])cc1[N+](=O)[O-]. The van der Waals surface area contributed by atoms with Crippen LogP contribution in [-0.2, 0) is 4.79 Å². The van der Waals surface area contributed by atoms with Crippen molar-refractivity contribution in [2.75, 3.05) is 5.32 Å². The molecule has 0 atom stereocenters. The first kappa shape index (κ1) is 18.2. The molecule has 0 radical (unpaired) electrons. The summed E-state index contributed by atoms with van der Waals surface area (Å²) in [6, 6.07) is 8.22. The van der Waals surface area contributed by atoms with E-state index in [0.29, 0.717) is 5.56 Å². The molecule has 11 nitrogen and oxygen atoms in total. The van der Waals surface area contributed by atoms with Gasteiger partial charge in [0.05, 0.1) is 20.8 Å². The second-order valence-corrected chi connectivity index (χ2v) is 4.89. The van der Waals surface area contributed by atoms with Gasteiger partial charge in [-0.3, -0.25) is 35.1 Å². The Balaban J connectivity index is 2.15. The van der Waals surface area contributed by atoms with E-state index in [4.69, 9.17) is 0 Å². The van der Waals surface area contributed by atoms with Crippen LogP contribution in [-0.4, -0.2) is 20.7 Å². The molecule has 2 rings (SSSR count). The molecule has 2 aromatic carbocycles. The van der Waals surface area contributed by atoms with Gasteiger partial charge in [0.1, 0.15) is 5.69 Å². The first-order chi connectivity index (χ1) is 12.3. The molecular formula is C15H10N4O7. The number of benzene rings is 2. The molecule has 132 valence electrons. The van der Waals surface area contributed by atoms with Crippen LogP contribution in [0.3, 0.4) is 0 Å². The molecule has 1 N–H and O–H groups in total. The molecule has 1 amide bonds. The van der Waals surface area contributed by atoms with Crippen LogP contribution in [0.25, 0.3) is 6.08 Å². The summed E-state index contributed by atoms with van der Waals surface area (Å²) in [5, 5.41) is 34.5. The maximum absolute atomic E-state index is 11.9. The predicted molar refractivity (Wildman–Crippen MR) is 90.5 cm³/mol. The first-order valence-corrected chi connectivity index (χ1v) is 6.94. The third-order valence-electron chi connectivity index (χ3n) is 3.18. The van der Waals surface area contributed by atoms with Crippen LogP contribution >= 0.6 is 0 Å². The fraction of sp³-hybridized carbons (Fsp3) is 0. The van der Waals surface area contributed by atoms with E-state index in [-0.39, 0.29) is 11.4 Å². The van der Waals surface area contributed by atoms with Gasteiger partial charge < -0.3 is 5.32 Å². The molecule has 0 aromatic heterocycles. The predicted octanol–water partition coefficient (Wildman–Crippen LogP) is 3.06. The van der Waals surface area contributed by atoms with Crippen molar-refractivity contribution in [2.24, 2.45) is 0 Å². The molecule has 26 heavy (non-hydrogen) atoms. The second-order valence-electron chi connectivity index (χ2n) is 4.89. The molecule has 0 heterocycles. The summed E-state index contributed by atoms with van der Waals surface area (Å²) in [7, 11) is 0. The number of hydrogen-bond acceptors (Lipinski definition) is 7. The first-order valence-electron chi connectivity index (χ1n) is 6.94. The molecule has 11 heteroatoms. The van der Waals surface area contributed by atoms with Gasteiger partial charge in [0, 0.05) is 24.3 Å². The quantitative estimate of drug-likeness (QED) is 0.472. The lowest BCUT2D eigenvalue weighted by atomic mass is 10.2. The van der Waals surface area contributed by atoms with Crippen molar-refractivity contribution in [3.63, 3.8) is 0 Å². The monoisotopic (exact) mass is 358 g/mol. The Kier molecular flexibility index (Phi) is 5.33. The zero-order chi connectivity index (χ0) is 19.3. The lowest BCUT2D eigenvalue weighted by molar-refractivity contribution is -0.393. The second kappa shape index (κ2) is 7.61. The van der Waals surface area contributed by atoms with Crippen LogP contribution in [0.4, 0.5) is 22.7 Å². The van der Waals surface area contributed by atoms with Crippen LogP contribution in [0.5, 0.6) is 0 Å². The van der Waals surface area contributed by atoms with E-state index in [2.05, 4.69) is 5.32 Å². The van der Waals surface area contributed by atoms with Crippen LogP contribution < -0.4 is 5.32 Å². The highest BCUT2D eigenvalue weighted by molar-refractivity contribution is 6.03. The Morgan fingerprint density at radius 1 is 0.846 bits per heavy atom. The van der Waals surface area contributed by atoms with Crippen LogP contribution in [0.2, 0.25) is 0 Å². The lowest BCUT2D eigenvalue weighted by Crippen LogP contribution is -2.09. The Morgan fingerprint density at radius 2 is 1.42 bits per heavy atom. The van der Waals surface area contributed by atoms with Crippen molar-refractivity contribution >= 4 is 34.7 Å². The van der Waals surface area contributed by atoms with E-state index >= 15 is 0 Å². The molecule has 0 fully saturated rings. The molecule has 0 aliphatic rings. The number of carbonyl (C=O) groups excluding carboxylic acids is 1. The van der Waals surface area contributed by atoms with Gasteiger partial charge in [0.15, 0.2) is 0 Å². The minimum atomic E-state index is -0.845. The highest BCUT2D eigenvalue weighted by Gasteiger charge is 2.20. The van der Waals surface area contributed by atoms with Crippen molar-refractivity contribution in [3.05, 3.63) is 84.4 Å². The molecular weight excluding hydrogens is 348 g/mol. The van der Waals surface area contributed by atoms with Crippen LogP contribution in [0.15, 0.2) is 48.5 Å². The average Bonchev–Trinajstić information content (AvgIpc) is 2.60. The number of nitrogens with one attached hydrogen (secondary N) is 1. The minimum Gasteiger partial charge on any atom is -0.317 e. The van der Waals surface area contributed by atoms with E-state index in [1.165, 1.54) is 30.3 Å². The maximum atomic E-state index is 11.9. The van der Waals surface area contributed by atoms with Gasteiger partial charge in [-0.2, -0.15) is 0 Å². The average molecular weight is 358 g/mol. The number of non-ortho nitro benzene ring substituents is 2. The number of nitro groups is 3. The Morgan fingerprint density at radius 3 is 1.96 bits per heavy atom. The third-order valence-corrected chi connectivity index (χ3v) is 3.18. The third kappa shape index (κ3) is 4.44. The smallest absolute Gasteiger partial charge is 0.299 e. The number of nitro benzene ring substituents is 3. The van der Waals surface area contributed by atoms with E-state index in [1.807, 2.05) is 0 Å². The van der Waals surface area contributed by atoms with Crippen molar-refractivity contribution in [2.45, 2.75) is 0 Å². The largest absolute Gasteiger partial charge is 0.317 e. The number of nitrogens with zero attached hydrogens (tertiary/aromatic N) is 3. The summed E-state index contributed by atoms with van der Waals surface area (Å²) in [6.45, 7) is 0. The van der Waals surface area contributed by atoms with Gasteiger partial charge in [-0.1, -0.05) is 0 Å². The summed E-state index contributed by atoms with van der Waals surface area (Å²) >= 11 is 0. The summed E-state index contributed by atoms with van der Waals surface area (Å²) in [4.78, 5) is 41.9. The highest BCUT2D eigenvalue weighted by atomic mass is 16.6. The van der Waals surface area contributed by atoms with E-state index < -0.39 is 32.1 Å². The number of amides is 1. The van der Waals surface area contributed by atoms with E-state index in [1.54, 1.807) is 0 Å². The summed E-state index contributed by atoms with van der Waals surface area (Å²) in [6.07, 6.45) is 2.43. The zero-order valence-corrected chi connectivity index (χ0v) is 12.9. The van der Waals surface area contributed by atoms with Gasteiger partial charge >= 0.3 is 0 Å². The van der Waals surface area contributed by atoms with E-state index in [9.17, 15) is 35.1 Å². The Hall–Kier alpha value is -4.15. The summed E-state index contributed by atoms with van der Waals surface area (Å²) in [5.74, 6) is -0.708. The van der Waals surface area contributed by atoms with Crippen LogP contribution in [0, 0.1) is 30.3 Å². The molecule has 0 aliphatic carbocycles. The van der Waals surface area contributed by atoms with Crippen molar-refractivity contribution in [3.8, 4) is 0 Å².